The largest absolute Gasteiger partial charge is 0.504 e. The maximum Gasteiger partial charge on any atom is 0.157 e. The van der Waals surface area contributed by atoms with Gasteiger partial charge in [0.2, 0.25) is 0 Å². The van der Waals surface area contributed by atoms with Gasteiger partial charge in [-0.25, -0.2) is 0 Å². The fourth-order valence-corrected chi connectivity index (χ4v) is 5.73. The van der Waals surface area contributed by atoms with Crippen LogP contribution in [-0.4, -0.2) is 62.1 Å². The van der Waals surface area contributed by atoms with Crippen LogP contribution in [0.5, 0.6) is 46.0 Å². The molecule has 0 heterocycles. The Kier molecular flexibility index (Phi) is 13.5. The van der Waals surface area contributed by atoms with E-state index < -0.39 is 0 Å². The monoisotopic (exact) mass is 662 g/mol. The summed E-state index contributed by atoms with van der Waals surface area (Å²) in [6.45, 7) is 1.62. The fraction of sp³-hybridized carbons (Fsp3) is 0.368. The number of benzene rings is 4. The summed E-state index contributed by atoms with van der Waals surface area (Å²) in [5.74, 6) is 2.05. The molecule has 0 unspecified atom stereocenters. The van der Waals surface area contributed by atoms with E-state index >= 15 is 0 Å². The lowest BCUT2D eigenvalue weighted by Gasteiger charge is -2.28. The summed E-state index contributed by atoms with van der Waals surface area (Å²) in [6.07, 6.45) is 2.69. The normalized spacial score (nSPS) is 12.3. The molecule has 2 atom stereocenters. The summed E-state index contributed by atoms with van der Waals surface area (Å²) in [7, 11) is 6.43. The third kappa shape index (κ3) is 10.6. The molecule has 4 N–H and O–H groups in total. The van der Waals surface area contributed by atoms with Crippen LogP contribution in [0.2, 0.25) is 0 Å². The summed E-state index contributed by atoms with van der Waals surface area (Å²) in [6, 6.07) is 21.0. The quantitative estimate of drug-likeness (QED) is 0.0629. The highest BCUT2D eigenvalue weighted by Gasteiger charge is 2.24. The molecule has 0 aliphatic carbocycles. The van der Waals surface area contributed by atoms with E-state index in [4.69, 9.17) is 28.4 Å². The van der Waals surface area contributed by atoms with Crippen molar-refractivity contribution in [3.63, 3.8) is 0 Å². The molecule has 48 heavy (non-hydrogen) atoms. The molecular formula is C38H46O10. The van der Waals surface area contributed by atoms with E-state index in [0.717, 1.165) is 35.1 Å². The van der Waals surface area contributed by atoms with Gasteiger partial charge in [0.05, 0.1) is 48.3 Å². The highest BCUT2D eigenvalue weighted by atomic mass is 16.5. The van der Waals surface area contributed by atoms with E-state index in [0.29, 0.717) is 62.3 Å². The molecule has 0 fully saturated rings. The van der Waals surface area contributed by atoms with Crippen molar-refractivity contribution < 1.29 is 48.8 Å². The first-order valence-electron chi connectivity index (χ1n) is 15.8. The molecule has 10 nitrogen and oxygen atoms in total. The van der Waals surface area contributed by atoms with Crippen molar-refractivity contribution in [2.45, 2.75) is 38.9 Å². The molecule has 10 heteroatoms. The molecule has 0 bridgehead atoms. The van der Waals surface area contributed by atoms with Crippen LogP contribution in [0.3, 0.4) is 0 Å². The predicted octanol–water partition coefficient (Wildman–Crippen LogP) is 6.77. The minimum Gasteiger partial charge on any atom is -0.504 e. The van der Waals surface area contributed by atoms with E-state index in [1.54, 1.807) is 52.7 Å². The molecule has 0 amide bonds. The Morgan fingerprint density at radius 2 is 0.917 bits per heavy atom. The molecule has 4 aromatic carbocycles. The Morgan fingerprint density at radius 1 is 0.479 bits per heavy atom. The summed E-state index contributed by atoms with van der Waals surface area (Å²) in [4.78, 5) is 0. The number of phenolic OH excluding ortho intramolecular Hbond substituents is 4. The number of ether oxygens (including phenoxy) is 6. The standard InChI is InChI=1S/C38H46O10/c1-43-31-14-27(15-32(20-31)44-2)22-47-11-5-6-29(12-25-7-9-35(39)37(41)18-25)30(13-26-8-10-36(40)38(42)19-26)24-48-23-28-16-33(45-3)21-34(17-28)46-4/h7-10,14-21,29-30,39-42H,5-6,11-13,22-24H2,1-4H3/t29-,30+/m1/s1. The highest BCUT2D eigenvalue weighted by Crippen LogP contribution is 2.33. The van der Waals surface area contributed by atoms with Gasteiger partial charge in [-0.15, -0.1) is 0 Å². The van der Waals surface area contributed by atoms with E-state index in [9.17, 15) is 20.4 Å². The van der Waals surface area contributed by atoms with Crippen LogP contribution in [-0.2, 0) is 35.5 Å². The molecule has 0 spiro atoms. The number of rotatable bonds is 19. The van der Waals surface area contributed by atoms with Crippen LogP contribution in [0.1, 0.15) is 35.1 Å². The van der Waals surface area contributed by atoms with Gasteiger partial charge in [-0.3, -0.25) is 0 Å². The zero-order valence-corrected chi connectivity index (χ0v) is 28.0. The minimum absolute atomic E-state index is 0.0277. The predicted molar refractivity (Wildman–Crippen MR) is 182 cm³/mol. The van der Waals surface area contributed by atoms with E-state index in [-0.39, 0.29) is 34.8 Å². The van der Waals surface area contributed by atoms with Crippen LogP contribution in [0.15, 0.2) is 72.8 Å². The van der Waals surface area contributed by atoms with Crippen LogP contribution >= 0.6 is 0 Å². The van der Waals surface area contributed by atoms with Gasteiger partial charge in [-0.2, -0.15) is 0 Å². The van der Waals surface area contributed by atoms with Crippen molar-refractivity contribution in [2.24, 2.45) is 11.8 Å². The highest BCUT2D eigenvalue weighted by molar-refractivity contribution is 5.42. The number of hydrogen-bond donors (Lipinski definition) is 4. The molecule has 258 valence electrons. The molecule has 0 aliphatic heterocycles. The molecule has 0 saturated carbocycles. The average molecular weight is 663 g/mol. The Bertz CT molecular complexity index is 1560. The van der Waals surface area contributed by atoms with Crippen LogP contribution < -0.4 is 18.9 Å². The molecule has 4 aromatic rings. The number of methoxy groups -OCH3 is 4. The van der Waals surface area contributed by atoms with Gasteiger partial charge >= 0.3 is 0 Å². The van der Waals surface area contributed by atoms with Gasteiger partial charge in [0.1, 0.15) is 23.0 Å². The smallest absolute Gasteiger partial charge is 0.157 e. The van der Waals surface area contributed by atoms with Crippen molar-refractivity contribution >= 4 is 0 Å². The number of aromatic hydroxyl groups is 4. The van der Waals surface area contributed by atoms with Crippen LogP contribution in [0, 0.1) is 11.8 Å². The second-order valence-corrected chi connectivity index (χ2v) is 11.7. The fourth-order valence-electron chi connectivity index (χ4n) is 5.73. The van der Waals surface area contributed by atoms with E-state index in [1.165, 1.54) is 12.1 Å². The van der Waals surface area contributed by atoms with Gasteiger partial charge in [0.25, 0.3) is 0 Å². The van der Waals surface area contributed by atoms with Crippen molar-refractivity contribution in [3.05, 3.63) is 95.1 Å². The summed E-state index contributed by atoms with van der Waals surface area (Å²) in [5.41, 5.74) is 3.56. The van der Waals surface area contributed by atoms with Crippen molar-refractivity contribution in [2.75, 3.05) is 41.7 Å². The Balaban J connectivity index is 1.52. The molecule has 0 radical (unpaired) electrons. The molecule has 0 saturated heterocycles. The average Bonchev–Trinajstić information content (AvgIpc) is 3.09. The Morgan fingerprint density at radius 3 is 1.35 bits per heavy atom. The first kappa shape index (κ1) is 36.0. The Hall–Kier alpha value is -4.80. The van der Waals surface area contributed by atoms with Crippen molar-refractivity contribution in [3.8, 4) is 46.0 Å². The van der Waals surface area contributed by atoms with Crippen LogP contribution in [0.25, 0.3) is 0 Å². The molecule has 4 rings (SSSR count). The first-order chi connectivity index (χ1) is 23.2. The maximum atomic E-state index is 10.2. The van der Waals surface area contributed by atoms with Crippen molar-refractivity contribution in [1.82, 2.24) is 0 Å². The summed E-state index contributed by atoms with van der Waals surface area (Å²) in [5, 5.41) is 40.3. The number of hydrogen-bond acceptors (Lipinski definition) is 10. The minimum atomic E-state index is -0.182. The third-order valence-corrected chi connectivity index (χ3v) is 8.30. The number of phenols is 4. The second kappa shape index (κ2) is 17.9. The zero-order chi connectivity index (χ0) is 34.5. The lowest BCUT2D eigenvalue weighted by atomic mass is 9.80. The van der Waals surface area contributed by atoms with Gasteiger partial charge in [-0.05, 0) is 108 Å². The van der Waals surface area contributed by atoms with Crippen molar-refractivity contribution in [1.29, 1.82) is 0 Å². The van der Waals surface area contributed by atoms with Gasteiger partial charge < -0.3 is 48.8 Å². The second-order valence-electron chi connectivity index (χ2n) is 11.7. The zero-order valence-electron chi connectivity index (χ0n) is 28.0. The molecule has 0 aliphatic rings. The third-order valence-electron chi connectivity index (χ3n) is 8.30. The SMILES string of the molecule is COc1cc(COCCC[C@H](Cc2ccc(O)c(O)c2)[C@H](COCc2cc(OC)cc(OC)c2)Cc2ccc(O)c(O)c2)cc(OC)c1. The topological polar surface area (TPSA) is 136 Å². The summed E-state index contributed by atoms with van der Waals surface area (Å²) >= 11 is 0. The van der Waals surface area contributed by atoms with Gasteiger partial charge in [0.15, 0.2) is 23.0 Å². The maximum absolute atomic E-state index is 10.2. The Labute approximate surface area is 282 Å². The molecular weight excluding hydrogens is 616 g/mol. The van der Waals surface area contributed by atoms with Gasteiger partial charge in [-0.1, -0.05) is 12.1 Å². The molecule has 0 aromatic heterocycles. The van der Waals surface area contributed by atoms with Crippen LogP contribution in [0.4, 0.5) is 0 Å². The summed E-state index contributed by atoms with van der Waals surface area (Å²) < 4.78 is 34.0. The van der Waals surface area contributed by atoms with E-state index in [1.807, 2.05) is 36.4 Å². The lowest BCUT2D eigenvalue weighted by molar-refractivity contribution is 0.0578. The lowest BCUT2D eigenvalue weighted by Crippen LogP contribution is -2.25. The first-order valence-corrected chi connectivity index (χ1v) is 15.8. The van der Waals surface area contributed by atoms with Gasteiger partial charge in [0, 0.05) is 18.7 Å². The van der Waals surface area contributed by atoms with E-state index in [2.05, 4.69) is 0 Å².